The molecule has 2 heterocycles. The SMILES string of the molecule is CC(C)(C)OC(=O)N1C2CC[C@@H]1CC(C(=O)O)C2. The fraction of sp³-hybridized carbons (Fsp3) is 0.846. The van der Waals surface area contributed by atoms with Gasteiger partial charge in [0, 0.05) is 12.1 Å². The van der Waals surface area contributed by atoms with Crippen LogP contribution in [0, 0.1) is 5.92 Å². The number of nitrogens with zero attached hydrogens (tertiary/aromatic N) is 1. The maximum absolute atomic E-state index is 12.1. The van der Waals surface area contributed by atoms with Crippen molar-refractivity contribution in [2.45, 2.75) is 64.1 Å². The second kappa shape index (κ2) is 4.44. The minimum atomic E-state index is -0.740. The lowest BCUT2D eigenvalue weighted by molar-refractivity contribution is -0.144. The van der Waals surface area contributed by atoms with Gasteiger partial charge in [-0.25, -0.2) is 4.79 Å². The minimum absolute atomic E-state index is 0.0414. The Kier molecular flexibility index (Phi) is 3.25. The summed E-state index contributed by atoms with van der Waals surface area (Å²) in [7, 11) is 0. The van der Waals surface area contributed by atoms with Gasteiger partial charge < -0.3 is 14.7 Å². The lowest BCUT2D eigenvalue weighted by atomic mass is 9.91. The number of carbonyl (C=O) groups excluding carboxylic acids is 1. The summed E-state index contributed by atoms with van der Waals surface area (Å²) in [5.41, 5.74) is -0.500. The van der Waals surface area contributed by atoms with Crippen molar-refractivity contribution in [1.29, 1.82) is 0 Å². The Morgan fingerprint density at radius 1 is 1.17 bits per heavy atom. The van der Waals surface area contributed by atoms with E-state index in [0.29, 0.717) is 12.8 Å². The van der Waals surface area contributed by atoms with Gasteiger partial charge in [-0.1, -0.05) is 0 Å². The Balaban J connectivity index is 2.05. The van der Waals surface area contributed by atoms with E-state index in [1.165, 1.54) is 0 Å². The van der Waals surface area contributed by atoms with Gasteiger partial charge in [-0.2, -0.15) is 0 Å². The molecule has 0 aromatic carbocycles. The van der Waals surface area contributed by atoms with Crippen LogP contribution < -0.4 is 0 Å². The van der Waals surface area contributed by atoms with E-state index in [1.54, 1.807) is 4.90 Å². The molecule has 0 spiro atoms. The summed E-state index contributed by atoms with van der Waals surface area (Å²) in [6, 6.07) is 0.0828. The van der Waals surface area contributed by atoms with E-state index in [0.717, 1.165) is 12.8 Å². The van der Waals surface area contributed by atoms with Gasteiger partial charge in [0.05, 0.1) is 5.92 Å². The van der Waals surface area contributed by atoms with Crippen molar-refractivity contribution in [3.05, 3.63) is 0 Å². The average Bonchev–Trinajstić information content (AvgIpc) is 2.47. The van der Waals surface area contributed by atoms with Crippen LogP contribution in [0.1, 0.15) is 46.5 Å². The highest BCUT2D eigenvalue weighted by Crippen LogP contribution is 2.39. The molecule has 0 saturated carbocycles. The van der Waals surface area contributed by atoms with E-state index in [2.05, 4.69) is 0 Å². The molecule has 0 aliphatic carbocycles. The van der Waals surface area contributed by atoms with Crippen molar-refractivity contribution in [2.75, 3.05) is 0 Å². The fourth-order valence-electron chi connectivity index (χ4n) is 2.99. The van der Waals surface area contributed by atoms with Crippen LogP contribution in [0.25, 0.3) is 0 Å². The molecule has 5 heteroatoms. The van der Waals surface area contributed by atoms with Gasteiger partial charge in [-0.15, -0.1) is 0 Å². The van der Waals surface area contributed by atoms with Gasteiger partial charge in [0.15, 0.2) is 0 Å². The van der Waals surface area contributed by atoms with Crippen molar-refractivity contribution < 1.29 is 19.4 Å². The molecule has 3 atom stereocenters. The largest absolute Gasteiger partial charge is 0.481 e. The summed E-state index contributed by atoms with van der Waals surface area (Å²) in [4.78, 5) is 24.9. The first kappa shape index (κ1) is 13.2. The van der Waals surface area contributed by atoms with Crippen LogP contribution in [0.4, 0.5) is 4.79 Å². The molecule has 18 heavy (non-hydrogen) atoms. The molecule has 2 bridgehead atoms. The third-order valence-electron chi connectivity index (χ3n) is 3.69. The van der Waals surface area contributed by atoms with Crippen LogP contribution in [0.5, 0.6) is 0 Å². The summed E-state index contributed by atoms with van der Waals surface area (Å²) in [5, 5.41) is 9.08. The van der Waals surface area contributed by atoms with Crippen LogP contribution in [0.2, 0.25) is 0 Å². The van der Waals surface area contributed by atoms with Crippen molar-refractivity contribution >= 4 is 12.1 Å². The summed E-state index contributed by atoms with van der Waals surface area (Å²) in [6.45, 7) is 5.53. The molecule has 2 unspecified atom stereocenters. The Morgan fingerprint density at radius 3 is 2.06 bits per heavy atom. The van der Waals surface area contributed by atoms with E-state index >= 15 is 0 Å². The molecular weight excluding hydrogens is 234 g/mol. The quantitative estimate of drug-likeness (QED) is 0.780. The number of fused-ring (bicyclic) bond motifs is 2. The monoisotopic (exact) mass is 255 g/mol. The van der Waals surface area contributed by atoms with Crippen molar-refractivity contribution in [1.82, 2.24) is 4.90 Å². The number of carboxylic acid groups (broad SMARTS) is 1. The number of piperidine rings is 1. The number of carbonyl (C=O) groups is 2. The number of carboxylic acids is 1. The van der Waals surface area contributed by atoms with E-state index < -0.39 is 11.6 Å². The van der Waals surface area contributed by atoms with E-state index in [4.69, 9.17) is 9.84 Å². The third-order valence-corrected chi connectivity index (χ3v) is 3.69. The Hall–Kier alpha value is -1.26. The molecule has 0 radical (unpaired) electrons. The molecule has 1 N–H and O–H groups in total. The van der Waals surface area contributed by atoms with E-state index in [-0.39, 0.29) is 24.1 Å². The summed E-state index contributed by atoms with van der Waals surface area (Å²) < 4.78 is 5.39. The van der Waals surface area contributed by atoms with Crippen molar-refractivity contribution in [3.8, 4) is 0 Å². The molecule has 2 fully saturated rings. The lowest BCUT2D eigenvalue weighted by Gasteiger charge is -2.38. The topological polar surface area (TPSA) is 66.8 Å². The Bertz CT molecular complexity index is 346. The van der Waals surface area contributed by atoms with E-state index in [9.17, 15) is 9.59 Å². The first-order valence-corrected chi connectivity index (χ1v) is 6.52. The predicted molar refractivity (Wildman–Crippen MR) is 65.2 cm³/mol. The van der Waals surface area contributed by atoms with Crippen molar-refractivity contribution in [3.63, 3.8) is 0 Å². The number of rotatable bonds is 1. The maximum atomic E-state index is 12.1. The van der Waals surface area contributed by atoms with Crippen LogP contribution in [0.15, 0.2) is 0 Å². The van der Waals surface area contributed by atoms with Crippen molar-refractivity contribution in [2.24, 2.45) is 5.92 Å². The molecule has 2 aliphatic rings. The predicted octanol–water partition coefficient (Wildman–Crippen LogP) is 2.25. The van der Waals surface area contributed by atoms with Crippen LogP contribution in [-0.4, -0.2) is 39.8 Å². The first-order chi connectivity index (χ1) is 8.28. The number of amides is 1. The zero-order valence-electron chi connectivity index (χ0n) is 11.2. The Labute approximate surface area is 107 Å². The number of hydrogen-bond acceptors (Lipinski definition) is 3. The Morgan fingerprint density at radius 2 is 1.67 bits per heavy atom. The summed E-state index contributed by atoms with van der Waals surface area (Å²) in [5.74, 6) is -1.04. The summed E-state index contributed by atoms with van der Waals surface area (Å²) >= 11 is 0. The molecule has 102 valence electrons. The molecule has 2 saturated heterocycles. The van der Waals surface area contributed by atoms with Gasteiger partial charge >= 0.3 is 12.1 Å². The number of hydrogen-bond donors (Lipinski definition) is 1. The highest BCUT2D eigenvalue weighted by atomic mass is 16.6. The summed E-state index contributed by atoms with van der Waals surface area (Å²) in [6.07, 6.45) is 2.62. The first-order valence-electron chi connectivity index (χ1n) is 6.52. The standard InChI is InChI=1S/C13H21NO4/c1-13(2,3)18-12(17)14-9-4-5-10(14)7-8(6-9)11(15)16/h8-10H,4-7H2,1-3H3,(H,15,16)/t8?,9-,10?/m1/s1. The molecule has 2 aliphatic heterocycles. The van der Waals surface area contributed by atoms with Gasteiger partial charge in [-0.05, 0) is 46.5 Å². The molecule has 0 aromatic rings. The second-order valence-corrected chi connectivity index (χ2v) is 6.28. The average molecular weight is 255 g/mol. The molecule has 2 rings (SSSR count). The molecule has 1 amide bonds. The minimum Gasteiger partial charge on any atom is -0.481 e. The third kappa shape index (κ3) is 2.60. The number of aliphatic carboxylic acids is 1. The van der Waals surface area contributed by atoms with Crippen LogP contribution >= 0.6 is 0 Å². The van der Waals surface area contributed by atoms with Gasteiger partial charge in [0.25, 0.3) is 0 Å². The normalized spacial score (nSPS) is 31.3. The van der Waals surface area contributed by atoms with Crippen LogP contribution in [0.3, 0.4) is 0 Å². The molecule has 0 aromatic heterocycles. The second-order valence-electron chi connectivity index (χ2n) is 6.28. The highest BCUT2D eigenvalue weighted by molar-refractivity contribution is 5.73. The van der Waals surface area contributed by atoms with Gasteiger partial charge in [-0.3, -0.25) is 4.79 Å². The zero-order valence-corrected chi connectivity index (χ0v) is 11.2. The molecular formula is C13H21NO4. The highest BCUT2D eigenvalue weighted by Gasteiger charge is 2.46. The maximum Gasteiger partial charge on any atom is 0.410 e. The number of ether oxygens (including phenoxy) is 1. The van der Waals surface area contributed by atoms with Crippen LogP contribution in [-0.2, 0) is 9.53 Å². The van der Waals surface area contributed by atoms with E-state index in [1.807, 2.05) is 20.8 Å². The zero-order chi connectivity index (χ0) is 13.5. The van der Waals surface area contributed by atoms with Gasteiger partial charge in [0.2, 0.25) is 0 Å². The fourth-order valence-corrected chi connectivity index (χ4v) is 2.99. The smallest absolute Gasteiger partial charge is 0.410 e. The van der Waals surface area contributed by atoms with Gasteiger partial charge in [0.1, 0.15) is 5.60 Å². The molecule has 5 nitrogen and oxygen atoms in total. The lowest BCUT2D eigenvalue weighted by Crippen LogP contribution is -2.49.